The number of rotatable bonds is 4. The van der Waals surface area contributed by atoms with E-state index in [4.69, 9.17) is 0 Å². The maximum atomic E-state index is 12.9. The van der Waals surface area contributed by atoms with Crippen LogP contribution in [0.25, 0.3) is 11.8 Å². The smallest absolute Gasteiger partial charge is 0.295 e. The monoisotopic (exact) mass is 386 g/mol. The summed E-state index contributed by atoms with van der Waals surface area (Å²) in [6.45, 7) is 5.65. The predicted molar refractivity (Wildman–Crippen MR) is 114 cm³/mol. The molecule has 6 nitrogen and oxygen atoms in total. The molecular weight excluding hydrogens is 364 g/mol. The lowest BCUT2D eigenvalue weighted by Crippen LogP contribution is -2.23. The van der Waals surface area contributed by atoms with E-state index in [-0.39, 0.29) is 16.8 Å². The molecule has 29 heavy (non-hydrogen) atoms. The number of carbonyl (C=O) groups is 1. The van der Waals surface area contributed by atoms with Gasteiger partial charge in [0, 0.05) is 7.05 Å². The van der Waals surface area contributed by atoms with Crippen molar-refractivity contribution in [1.82, 2.24) is 9.36 Å². The van der Waals surface area contributed by atoms with Gasteiger partial charge < -0.3 is 5.32 Å². The minimum absolute atomic E-state index is 0.0640. The molecule has 0 aliphatic rings. The number of aromatic nitrogens is 2. The number of para-hydroxylation sites is 1. The van der Waals surface area contributed by atoms with Crippen LogP contribution in [0, 0.1) is 32.1 Å². The highest BCUT2D eigenvalue weighted by Crippen LogP contribution is 2.17. The first-order valence-corrected chi connectivity index (χ1v) is 9.18. The highest BCUT2D eigenvalue weighted by atomic mass is 16.2. The summed E-state index contributed by atoms with van der Waals surface area (Å²) in [5.41, 5.74) is 3.87. The Labute approximate surface area is 169 Å². The Bertz CT molecular complexity index is 1210. The Balaban J connectivity index is 1.97. The predicted octanol–water partition coefficient (Wildman–Crippen LogP) is 3.65. The van der Waals surface area contributed by atoms with Gasteiger partial charge in [-0.25, -0.2) is 4.68 Å². The summed E-state index contributed by atoms with van der Waals surface area (Å²) in [6.07, 6.45) is 1.54. The molecule has 3 aromatic rings. The van der Waals surface area contributed by atoms with Gasteiger partial charge in [-0.15, -0.1) is 0 Å². The number of nitriles is 1. The second kappa shape index (κ2) is 8.03. The number of hydrogen-bond acceptors (Lipinski definition) is 3. The summed E-state index contributed by atoms with van der Waals surface area (Å²) in [5, 5.41) is 12.1. The lowest BCUT2D eigenvalue weighted by atomic mass is 10.0. The van der Waals surface area contributed by atoms with Crippen LogP contribution < -0.4 is 10.9 Å². The van der Waals surface area contributed by atoms with Gasteiger partial charge >= 0.3 is 0 Å². The number of carbonyl (C=O) groups excluding carboxylic acids is 1. The molecule has 0 spiro atoms. The molecule has 0 atom stereocenters. The topological polar surface area (TPSA) is 79.8 Å². The molecule has 6 heteroatoms. The fourth-order valence-electron chi connectivity index (χ4n) is 3.18. The third-order valence-electron chi connectivity index (χ3n) is 4.88. The van der Waals surface area contributed by atoms with Crippen LogP contribution in [0.5, 0.6) is 0 Å². The van der Waals surface area contributed by atoms with Crippen LogP contribution in [0.4, 0.5) is 5.69 Å². The minimum atomic E-state index is -0.613. The minimum Gasteiger partial charge on any atom is -0.315 e. The molecular formula is C23H22N4O2. The van der Waals surface area contributed by atoms with Gasteiger partial charge in [-0.1, -0.05) is 42.0 Å². The highest BCUT2D eigenvalue weighted by Gasteiger charge is 2.20. The lowest BCUT2D eigenvalue weighted by molar-refractivity contribution is -0.112. The molecule has 0 aliphatic heterocycles. The molecule has 1 amide bonds. The van der Waals surface area contributed by atoms with E-state index in [0.29, 0.717) is 11.4 Å². The molecule has 146 valence electrons. The second-order valence-corrected chi connectivity index (χ2v) is 6.92. The van der Waals surface area contributed by atoms with Crippen molar-refractivity contribution in [1.29, 1.82) is 5.26 Å². The van der Waals surface area contributed by atoms with Crippen LogP contribution in [-0.2, 0) is 11.8 Å². The molecule has 2 aromatic carbocycles. The maximum absolute atomic E-state index is 12.9. The van der Waals surface area contributed by atoms with Gasteiger partial charge in [-0.05, 0) is 50.1 Å². The molecule has 0 bridgehead atoms. The zero-order valence-electron chi connectivity index (χ0n) is 16.9. The number of hydrogen-bond donors (Lipinski definition) is 1. The molecule has 3 rings (SSSR count). The highest BCUT2D eigenvalue weighted by molar-refractivity contribution is 6.09. The average Bonchev–Trinajstić information content (AvgIpc) is 2.91. The first-order chi connectivity index (χ1) is 13.8. The van der Waals surface area contributed by atoms with Crippen LogP contribution >= 0.6 is 0 Å². The Kier molecular flexibility index (Phi) is 5.51. The number of nitrogens with zero attached hydrogens (tertiary/aromatic N) is 3. The second-order valence-electron chi connectivity index (χ2n) is 6.92. The first-order valence-electron chi connectivity index (χ1n) is 9.18. The van der Waals surface area contributed by atoms with Crippen LogP contribution in [0.1, 0.15) is 22.4 Å². The summed E-state index contributed by atoms with van der Waals surface area (Å²) >= 11 is 0. The molecule has 0 fully saturated rings. The number of benzene rings is 2. The van der Waals surface area contributed by atoms with E-state index in [0.717, 1.165) is 16.7 Å². The lowest BCUT2D eigenvalue weighted by Gasteiger charge is -2.07. The summed E-state index contributed by atoms with van der Waals surface area (Å²) in [4.78, 5) is 25.7. The fraction of sp³-hybridized carbons (Fsp3) is 0.174. The normalized spacial score (nSPS) is 11.2. The van der Waals surface area contributed by atoms with Crippen molar-refractivity contribution in [2.45, 2.75) is 20.8 Å². The van der Waals surface area contributed by atoms with Crippen LogP contribution in [0.15, 0.2) is 58.9 Å². The standard InChI is InChI=1S/C23H22N4O2/c1-15-10-11-18(16(2)12-15)13-19(14-24)22(28)25-21-17(3)26(4)27(23(21)29)20-8-6-5-7-9-20/h5-13H,1-4H3,(H,25,28). The summed E-state index contributed by atoms with van der Waals surface area (Å²) in [6, 6.07) is 16.9. The molecule has 0 unspecified atom stereocenters. The number of anilines is 1. The van der Waals surface area contributed by atoms with Crippen molar-refractivity contribution in [3.63, 3.8) is 0 Å². The van der Waals surface area contributed by atoms with E-state index in [1.165, 1.54) is 10.8 Å². The molecule has 1 N–H and O–H groups in total. The fourth-order valence-corrected chi connectivity index (χ4v) is 3.18. The molecule has 0 saturated carbocycles. The zero-order valence-corrected chi connectivity index (χ0v) is 16.9. The largest absolute Gasteiger partial charge is 0.315 e. The van der Waals surface area contributed by atoms with Crippen molar-refractivity contribution in [2.75, 3.05) is 5.32 Å². The average molecular weight is 386 g/mol. The maximum Gasteiger partial charge on any atom is 0.295 e. The van der Waals surface area contributed by atoms with Gasteiger partial charge in [0.15, 0.2) is 0 Å². The van der Waals surface area contributed by atoms with Crippen molar-refractivity contribution < 1.29 is 4.79 Å². The van der Waals surface area contributed by atoms with E-state index in [2.05, 4.69) is 5.32 Å². The quantitative estimate of drug-likeness (QED) is 0.549. The number of nitrogens with one attached hydrogen (secondary N) is 1. The third kappa shape index (κ3) is 3.90. The Morgan fingerprint density at radius 3 is 2.41 bits per heavy atom. The van der Waals surface area contributed by atoms with Gasteiger partial charge in [0.1, 0.15) is 17.3 Å². The Hall–Kier alpha value is -3.85. The van der Waals surface area contributed by atoms with Gasteiger partial charge in [0.25, 0.3) is 11.5 Å². The molecule has 1 aromatic heterocycles. The van der Waals surface area contributed by atoms with Gasteiger partial charge in [-0.3, -0.25) is 14.3 Å². The van der Waals surface area contributed by atoms with Crippen molar-refractivity contribution >= 4 is 17.7 Å². The molecule has 0 saturated heterocycles. The van der Waals surface area contributed by atoms with Crippen molar-refractivity contribution in [3.05, 3.63) is 86.8 Å². The van der Waals surface area contributed by atoms with Gasteiger partial charge in [0.2, 0.25) is 0 Å². The zero-order chi connectivity index (χ0) is 21.1. The van der Waals surface area contributed by atoms with Crippen molar-refractivity contribution in [3.8, 4) is 11.8 Å². The van der Waals surface area contributed by atoms with E-state index in [1.807, 2.05) is 68.4 Å². The molecule has 0 radical (unpaired) electrons. The number of amides is 1. The van der Waals surface area contributed by atoms with Gasteiger partial charge in [-0.2, -0.15) is 5.26 Å². The van der Waals surface area contributed by atoms with Crippen LogP contribution in [0.3, 0.4) is 0 Å². The van der Waals surface area contributed by atoms with E-state index >= 15 is 0 Å². The van der Waals surface area contributed by atoms with Crippen molar-refractivity contribution in [2.24, 2.45) is 7.05 Å². The SMILES string of the molecule is Cc1ccc(C=C(C#N)C(=O)Nc2c(C)n(C)n(-c3ccccc3)c2=O)c(C)c1. The molecule has 0 aliphatic carbocycles. The summed E-state index contributed by atoms with van der Waals surface area (Å²) in [7, 11) is 1.75. The first kappa shape index (κ1) is 19.9. The summed E-state index contributed by atoms with van der Waals surface area (Å²) in [5.74, 6) is -0.613. The van der Waals surface area contributed by atoms with E-state index in [9.17, 15) is 14.9 Å². The summed E-state index contributed by atoms with van der Waals surface area (Å²) < 4.78 is 3.15. The van der Waals surface area contributed by atoms with Crippen LogP contribution in [-0.4, -0.2) is 15.3 Å². The Morgan fingerprint density at radius 1 is 1.10 bits per heavy atom. The number of aryl methyl sites for hydroxylation is 2. The third-order valence-corrected chi connectivity index (χ3v) is 4.88. The Morgan fingerprint density at radius 2 is 1.79 bits per heavy atom. The van der Waals surface area contributed by atoms with E-state index in [1.54, 1.807) is 18.7 Å². The van der Waals surface area contributed by atoms with Gasteiger partial charge in [0.05, 0.1) is 11.4 Å². The van der Waals surface area contributed by atoms with E-state index < -0.39 is 5.91 Å². The molecule has 1 heterocycles. The van der Waals surface area contributed by atoms with Crippen LogP contribution in [0.2, 0.25) is 0 Å².